The fourth-order valence-electron chi connectivity index (χ4n) is 4.60. The van der Waals surface area contributed by atoms with E-state index in [1.165, 1.54) is 6.42 Å². The molecular formula is C29H43N3O4S. The second-order valence-electron chi connectivity index (χ2n) is 10.5. The van der Waals surface area contributed by atoms with Gasteiger partial charge in [-0.15, -0.1) is 6.42 Å². The second-order valence-corrected chi connectivity index (χ2v) is 11.5. The van der Waals surface area contributed by atoms with E-state index in [9.17, 15) is 14.4 Å². The third kappa shape index (κ3) is 9.62. The summed E-state index contributed by atoms with van der Waals surface area (Å²) in [5, 5.41) is 5.96. The molecule has 2 N–H and O–H groups in total. The van der Waals surface area contributed by atoms with Crippen LogP contribution in [0.1, 0.15) is 89.8 Å². The molecule has 7 nitrogen and oxygen atoms in total. The average Bonchev–Trinajstić information content (AvgIpc) is 2.85. The van der Waals surface area contributed by atoms with Crippen LogP contribution >= 0.6 is 11.8 Å². The van der Waals surface area contributed by atoms with Crippen LogP contribution in [-0.2, 0) is 14.3 Å². The smallest absolute Gasteiger partial charge is 0.408 e. The van der Waals surface area contributed by atoms with Crippen molar-refractivity contribution < 1.29 is 19.1 Å². The lowest BCUT2D eigenvalue weighted by Gasteiger charge is -2.36. The Morgan fingerprint density at radius 3 is 2.46 bits per heavy atom. The maximum absolute atomic E-state index is 14.1. The van der Waals surface area contributed by atoms with Gasteiger partial charge in [0.2, 0.25) is 11.8 Å². The van der Waals surface area contributed by atoms with Gasteiger partial charge >= 0.3 is 6.09 Å². The third-order valence-electron chi connectivity index (χ3n) is 6.27. The molecule has 1 aromatic carbocycles. The van der Waals surface area contributed by atoms with E-state index in [4.69, 9.17) is 11.2 Å². The Morgan fingerprint density at radius 1 is 1.19 bits per heavy atom. The number of nitrogens with zero attached hydrogens (tertiary/aromatic N) is 1. The number of hydrogen-bond donors (Lipinski definition) is 2. The molecule has 1 aliphatic carbocycles. The molecule has 8 heteroatoms. The van der Waals surface area contributed by atoms with Gasteiger partial charge in [-0.1, -0.05) is 50.3 Å². The first-order chi connectivity index (χ1) is 17.6. The van der Waals surface area contributed by atoms with Crippen molar-refractivity contribution in [2.75, 3.05) is 18.6 Å². The van der Waals surface area contributed by atoms with Crippen molar-refractivity contribution in [1.29, 1.82) is 0 Å². The third-order valence-corrected chi connectivity index (χ3v) is 6.91. The van der Waals surface area contributed by atoms with Crippen LogP contribution < -0.4 is 10.6 Å². The summed E-state index contributed by atoms with van der Waals surface area (Å²) in [7, 11) is 0. The lowest BCUT2D eigenvalue weighted by Crippen LogP contribution is -2.54. The first-order valence-electron chi connectivity index (χ1n) is 13.3. The molecule has 1 saturated carbocycles. The highest BCUT2D eigenvalue weighted by Gasteiger charge is 2.37. The molecule has 2 atom stereocenters. The molecule has 0 heterocycles. The minimum Gasteiger partial charge on any atom is -0.444 e. The molecule has 2 rings (SSSR count). The standard InChI is InChI=1S/C29H43N3O4S/c1-7-19-32(27(34)24(18-20-37-6)31-28(35)36-29(3,4)5)25(23-17-13-12-14-21(23)8-2)26(33)30-22-15-10-9-11-16-22/h2,12-14,17,22,24-25H,7,9-11,15-16,18-20H2,1,3-6H3,(H,30,33)(H,31,35). The zero-order valence-electron chi connectivity index (χ0n) is 23.0. The van der Waals surface area contributed by atoms with Gasteiger partial charge in [0, 0.05) is 18.2 Å². The highest BCUT2D eigenvalue weighted by atomic mass is 32.2. The summed E-state index contributed by atoms with van der Waals surface area (Å²) < 4.78 is 5.43. The van der Waals surface area contributed by atoms with Crippen LogP contribution in [0, 0.1) is 12.3 Å². The number of amides is 3. The number of nitrogens with one attached hydrogen (secondary N) is 2. The van der Waals surface area contributed by atoms with Gasteiger partial charge in [-0.2, -0.15) is 11.8 Å². The van der Waals surface area contributed by atoms with Crippen molar-refractivity contribution in [1.82, 2.24) is 15.5 Å². The number of rotatable bonds is 11. The first-order valence-corrected chi connectivity index (χ1v) is 14.7. The lowest BCUT2D eigenvalue weighted by molar-refractivity contribution is -0.143. The highest BCUT2D eigenvalue weighted by Crippen LogP contribution is 2.28. The maximum Gasteiger partial charge on any atom is 0.408 e. The van der Waals surface area contributed by atoms with Gasteiger partial charge < -0.3 is 20.3 Å². The lowest BCUT2D eigenvalue weighted by atomic mass is 9.93. The van der Waals surface area contributed by atoms with Crippen LogP contribution in [-0.4, -0.2) is 59.0 Å². The van der Waals surface area contributed by atoms with Crippen LogP contribution in [0.2, 0.25) is 0 Å². The Labute approximate surface area is 226 Å². The van der Waals surface area contributed by atoms with Crippen molar-refractivity contribution in [2.45, 2.75) is 96.4 Å². The quantitative estimate of drug-likeness (QED) is 0.392. The SMILES string of the molecule is C#Cc1ccccc1C(C(=O)NC1CCCCC1)N(CCC)C(=O)C(CCSC)NC(=O)OC(C)(C)C. The summed E-state index contributed by atoms with van der Waals surface area (Å²) in [5.74, 6) is 2.78. The Morgan fingerprint density at radius 2 is 1.86 bits per heavy atom. The Balaban J connectivity index is 2.46. The monoisotopic (exact) mass is 529 g/mol. The molecule has 1 aromatic rings. The van der Waals surface area contributed by atoms with Gasteiger partial charge in [0.25, 0.3) is 0 Å². The molecule has 0 saturated heterocycles. The van der Waals surface area contributed by atoms with Gasteiger partial charge in [0.05, 0.1) is 0 Å². The van der Waals surface area contributed by atoms with E-state index in [1.807, 2.05) is 31.4 Å². The first kappa shape index (κ1) is 30.6. The molecule has 0 radical (unpaired) electrons. The van der Waals surface area contributed by atoms with E-state index in [0.717, 1.165) is 25.7 Å². The second kappa shape index (κ2) is 14.9. The van der Waals surface area contributed by atoms with Crippen LogP contribution in [0.5, 0.6) is 0 Å². The molecule has 0 aromatic heterocycles. The normalized spacial score (nSPS) is 15.7. The van der Waals surface area contributed by atoms with E-state index >= 15 is 0 Å². The molecule has 2 unspecified atom stereocenters. The predicted molar refractivity (Wildman–Crippen MR) is 150 cm³/mol. The number of ether oxygens (including phenoxy) is 1. The summed E-state index contributed by atoms with van der Waals surface area (Å²) in [6, 6.07) is 5.59. The van der Waals surface area contributed by atoms with Crippen LogP contribution in [0.25, 0.3) is 0 Å². The van der Waals surface area contributed by atoms with E-state index in [-0.39, 0.29) is 17.9 Å². The molecule has 1 aliphatic rings. The molecular weight excluding hydrogens is 486 g/mol. The van der Waals surface area contributed by atoms with Crippen molar-refractivity contribution in [3.8, 4) is 12.3 Å². The zero-order valence-corrected chi connectivity index (χ0v) is 23.8. The summed E-state index contributed by atoms with van der Waals surface area (Å²) >= 11 is 1.58. The number of carbonyl (C=O) groups is 3. The number of alkyl carbamates (subject to hydrolysis) is 1. The Bertz CT molecular complexity index is 947. The van der Waals surface area contributed by atoms with E-state index in [2.05, 4.69) is 16.6 Å². The number of benzene rings is 1. The van der Waals surface area contributed by atoms with E-state index in [1.54, 1.807) is 43.5 Å². The van der Waals surface area contributed by atoms with Gasteiger partial charge in [-0.25, -0.2) is 4.79 Å². The summed E-state index contributed by atoms with van der Waals surface area (Å²) in [6.45, 7) is 7.62. The molecule has 0 spiro atoms. The molecule has 37 heavy (non-hydrogen) atoms. The molecule has 1 fully saturated rings. The van der Waals surface area contributed by atoms with Gasteiger partial charge in [0.1, 0.15) is 17.7 Å². The van der Waals surface area contributed by atoms with Crippen molar-refractivity contribution >= 4 is 29.7 Å². The fraction of sp³-hybridized carbons (Fsp3) is 0.621. The van der Waals surface area contributed by atoms with Crippen LogP contribution in [0.4, 0.5) is 4.79 Å². The fourth-order valence-corrected chi connectivity index (χ4v) is 5.07. The van der Waals surface area contributed by atoms with Crippen LogP contribution in [0.3, 0.4) is 0 Å². The molecule has 0 aliphatic heterocycles. The minimum atomic E-state index is -0.904. The number of hydrogen-bond acceptors (Lipinski definition) is 5. The van der Waals surface area contributed by atoms with Gasteiger partial charge in [-0.3, -0.25) is 9.59 Å². The number of thioether (sulfide) groups is 1. The van der Waals surface area contributed by atoms with Crippen molar-refractivity contribution in [2.24, 2.45) is 0 Å². The summed E-state index contributed by atoms with van der Waals surface area (Å²) in [4.78, 5) is 42.1. The molecule has 0 bridgehead atoms. The predicted octanol–water partition coefficient (Wildman–Crippen LogP) is 5.04. The largest absolute Gasteiger partial charge is 0.444 e. The van der Waals surface area contributed by atoms with Crippen molar-refractivity contribution in [3.05, 3.63) is 35.4 Å². The van der Waals surface area contributed by atoms with Gasteiger partial charge in [-0.05, 0) is 70.1 Å². The zero-order chi connectivity index (χ0) is 27.4. The molecule has 204 valence electrons. The number of terminal acetylenes is 1. The summed E-state index contributed by atoms with van der Waals surface area (Å²) in [6.07, 6.45) is 13.3. The highest BCUT2D eigenvalue weighted by molar-refractivity contribution is 7.98. The van der Waals surface area contributed by atoms with Gasteiger partial charge in [0.15, 0.2) is 0 Å². The number of carbonyl (C=O) groups excluding carboxylic acids is 3. The van der Waals surface area contributed by atoms with E-state index in [0.29, 0.717) is 36.3 Å². The Hall–Kier alpha value is -2.66. The maximum atomic E-state index is 14.1. The van der Waals surface area contributed by atoms with Crippen LogP contribution in [0.15, 0.2) is 24.3 Å². The minimum absolute atomic E-state index is 0.0764. The molecule has 3 amide bonds. The van der Waals surface area contributed by atoms with E-state index < -0.39 is 23.8 Å². The summed E-state index contributed by atoms with van der Waals surface area (Å²) in [5.41, 5.74) is 0.482. The Kier molecular flexibility index (Phi) is 12.3. The van der Waals surface area contributed by atoms with Crippen molar-refractivity contribution in [3.63, 3.8) is 0 Å². The topological polar surface area (TPSA) is 87.7 Å². The average molecular weight is 530 g/mol.